The molecule has 0 bridgehead atoms. The van der Waals surface area contributed by atoms with E-state index in [1.165, 1.54) is 0 Å². The molecule has 0 N–H and O–H groups in total. The highest BCUT2D eigenvalue weighted by Crippen LogP contribution is 2.25. The number of esters is 1. The van der Waals surface area contributed by atoms with Gasteiger partial charge in [0.15, 0.2) is 12.4 Å². The largest absolute Gasteiger partial charge is 0.481 e. The lowest BCUT2D eigenvalue weighted by molar-refractivity contribution is -0.147. The predicted molar refractivity (Wildman–Crippen MR) is 96.9 cm³/mol. The Kier molecular flexibility index (Phi) is 5.39. The molecule has 0 spiro atoms. The van der Waals surface area contributed by atoms with Gasteiger partial charge in [0.1, 0.15) is 12.4 Å². The molecule has 1 aromatic heterocycles. The number of ether oxygens (including phenoxy) is 2. The number of alkyl halides is 2. The van der Waals surface area contributed by atoms with E-state index in [0.717, 1.165) is 21.3 Å². The zero-order valence-corrected chi connectivity index (χ0v) is 15.3. The van der Waals surface area contributed by atoms with Crippen LogP contribution >= 0.6 is 0 Å². The minimum absolute atomic E-state index is 0.0118. The molecule has 0 aliphatic carbocycles. The van der Waals surface area contributed by atoms with E-state index in [2.05, 4.69) is 4.98 Å². The van der Waals surface area contributed by atoms with E-state index >= 15 is 0 Å². The third-order valence-corrected chi connectivity index (χ3v) is 4.17. The number of halogens is 2. The number of aryl methyl sites for hydroxylation is 3. The molecule has 3 aromatic rings. The summed E-state index contributed by atoms with van der Waals surface area (Å²) in [4.78, 5) is 16.1. The molecule has 5 nitrogen and oxygen atoms in total. The van der Waals surface area contributed by atoms with Crippen LogP contribution < -0.4 is 4.74 Å². The summed E-state index contributed by atoms with van der Waals surface area (Å²) in [5, 5.41) is 0. The average Bonchev–Trinajstić information content (AvgIpc) is 2.97. The molecule has 0 aliphatic heterocycles. The van der Waals surface area contributed by atoms with Gasteiger partial charge in [-0.15, -0.1) is 0 Å². The van der Waals surface area contributed by atoms with Crippen LogP contribution in [0.3, 0.4) is 0 Å². The molecule has 0 amide bonds. The molecule has 142 valence electrons. The quantitative estimate of drug-likeness (QED) is 0.597. The normalized spacial score (nSPS) is 11.2. The maximum Gasteiger partial charge on any atom is 0.344 e. The van der Waals surface area contributed by atoms with Crippen LogP contribution in [0.2, 0.25) is 0 Å². The number of fused-ring (bicyclic) bond motifs is 1. The number of hydrogen-bond donors (Lipinski definition) is 0. The van der Waals surface area contributed by atoms with Crippen LogP contribution in [0.15, 0.2) is 36.4 Å². The molecule has 0 aliphatic rings. The highest BCUT2D eigenvalue weighted by atomic mass is 19.3. The van der Waals surface area contributed by atoms with Gasteiger partial charge in [-0.1, -0.05) is 29.8 Å². The zero-order valence-electron chi connectivity index (χ0n) is 15.3. The number of aromatic nitrogens is 2. The van der Waals surface area contributed by atoms with Crippen molar-refractivity contribution in [1.29, 1.82) is 0 Å². The molecule has 0 saturated heterocycles. The van der Waals surface area contributed by atoms with Gasteiger partial charge in [0.05, 0.1) is 11.0 Å². The molecule has 2 aromatic carbocycles. The second kappa shape index (κ2) is 7.73. The smallest absolute Gasteiger partial charge is 0.344 e. The van der Waals surface area contributed by atoms with Gasteiger partial charge in [-0.3, -0.25) is 4.57 Å². The highest BCUT2D eigenvalue weighted by molar-refractivity contribution is 5.76. The number of benzene rings is 2. The van der Waals surface area contributed by atoms with Gasteiger partial charge < -0.3 is 9.47 Å². The van der Waals surface area contributed by atoms with Crippen LogP contribution in [0.25, 0.3) is 11.0 Å². The highest BCUT2D eigenvalue weighted by Gasteiger charge is 2.19. The van der Waals surface area contributed by atoms with Crippen molar-refractivity contribution in [3.05, 3.63) is 58.9 Å². The Labute approximate surface area is 155 Å². The molecular weight excluding hydrogens is 354 g/mol. The standard InChI is InChI=1S/C20H20F2N2O3/c1-12-8-13(2)19(14(3)9-12)27-11-18(25)26-10-17-23-15-6-4-5-7-16(15)24(17)20(21)22/h4-9,20H,10-11H2,1-3H3. The van der Waals surface area contributed by atoms with E-state index in [9.17, 15) is 13.6 Å². The van der Waals surface area contributed by atoms with Gasteiger partial charge in [-0.05, 0) is 44.0 Å². The SMILES string of the molecule is Cc1cc(C)c(OCC(=O)OCc2nc3ccccc3n2C(F)F)c(C)c1. The third kappa shape index (κ3) is 4.07. The van der Waals surface area contributed by atoms with Crippen LogP contribution in [-0.4, -0.2) is 22.1 Å². The van der Waals surface area contributed by atoms with Crippen molar-refractivity contribution in [2.45, 2.75) is 33.9 Å². The molecule has 7 heteroatoms. The number of carbonyl (C=O) groups is 1. The second-order valence-electron chi connectivity index (χ2n) is 6.34. The number of carbonyl (C=O) groups excluding carboxylic acids is 1. The molecule has 1 heterocycles. The van der Waals surface area contributed by atoms with E-state index in [1.54, 1.807) is 24.3 Å². The molecule has 0 atom stereocenters. The molecule has 0 saturated carbocycles. The Hall–Kier alpha value is -2.96. The lowest BCUT2D eigenvalue weighted by atomic mass is 10.1. The topological polar surface area (TPSA) is 53.4 Å². The van der Waals surface area contributed by atoms with E-state index in [1.807, 2.05) is 32.9 Å². The van der Waals surface area contributed by atoms with Crippen molar-refractivity contribution in [2.75, 3.05) is 6.61 Å². The minimum Gasteiger partial charge on any atom is -0.481 e. The van der Waals surface area contributed by atoms with Crippen molar-refractivity contribution in [3.8, 4) is 5.75 Å². The van der Waals surface area contributed by atoms with Gasteiger partial charge in [-0.2, -0.15) is 8.78 Å². The number of hydrogen-bond acceptors (Lipinski definition) is 4. The Morgan fingerprint density at radius 2 is 1.81 bits per heavy atom. The van der Waals surface area contributed by atoms with Crippen LogP contribution in [0.5, 0.6) is 5.75 Å². The van der Waals surface area contributed by atoms with Crippen molar-refractivity contribution in [1.82, 2.24) is 9.55 Å². The first-order valence-corrected chi connectivity index (χ1v) is 8.47. The number of para-hydroxylation sites is 2. The Morgan fingerprint density at radius 3 is 2.48 bits per heavy atom. The van der Waals surface area contributed by atoms with Crippen LogP contribution in [-0.2, 0) is 16.1 Å². The van der Waals surface area contributed by atoms with E-state index in [-0.39, 0.29) is 19.0 Å². The first-order valence-electron chi connectivity index (χ1n) is 8.47. The zero-order chi connectivity index (χ0) is 19.6. The van der Waals surface area contributed by atoms with Gasteiger partial charge >= 0.3 is 12.5 Å². The number of imidazole rings is 1. The lowest BCUT2D eigenvalue weighted by Crippen LogP contribution is -2.17. The van der Waals surface area contributed by atoms with Crippen LogP contribution in [0, 0.1) is 20.8 Å². The van der Waals surface area contributed by atoms with Crippen LogP contribution in [0.1, 0.15) is 29.1 Å². The maximum absolute atomic E-state index is 13.4. The van der Waals surface area contributed by atoms with E-state index in [0.29, 0.717) is 16.8 Å². The predicted octanol–water partition coefficient (Wildman–Crippen LogP) is 4.48. The average molecular weight is 374 g/mol. The Balaban J connectivity index is 1.66. The number of nitrogens with zero attached hydrogens (tertiary/aromatic N) is 2. The van der Waals surface area contributed by atoms with Crippen molar-refractivity contribution < 1.29 is 23.0 Å². The summed E-state index contributed by atoms with van der Waals surface area (Å²) in [6.07, 6.45) is 0. The molecule has 0 fully saturated rings. The van der Waals surface area contributed by atoms with Crippen molar-refractivity contribution >= 4 is 17.0 Å². The summed E-state index contributed by atoms with van der Waals surface area (Å²) < 4.78 is 38.1. The summed E-state index contributed by atoms with van der Waals surface area (Å²) in [7, 11) is 0. The first-order chi connectivity index (χ1) is 12.9. The molecule has 0 unspecified atom stereocenters. The third-order valence-electron chi connectivity index (χ3n) is 4.17. The Bertz CT molecular complexity index is 960. The lowest BCUT2D eigenvalue weighted by Gasteiger charge is -2.13. The second-order valence-corrected chi connectivity index (χ2v) is 6.34. The fraction of sp³-hybridized carbons (Fsp3) is 0.300. The monoisotopic (exact) mass is 374 g/mol. The molecule has 27 heavy (non-hydrogen) atoms. The fourth-order valence-electron chi connectivity index (χ4n) is 3.13. The summed E-state index contributed by atoms with van der Waals surface area (Å²) in [6, 6.07) is 10.5. The van der Waals surface area contributed by atoms with Gasteiger partial charge in [-0.25, -0.2) is 9.78 Å². The number of rotatable bonds is 6. The van der Waals surface area contributed by atoms with Crippen molar-refractivity contribution in [3.63, 3.8) is 0 Å². The summed E-state index contributed by atoms with van der Waals surface area (Å²) in [6.45, 7) is 2.33. The summed E-state index contributed by atoms with van der Waals surface area (Å²) in [5.41, 5.74) is 3.65. The minimum atomic E-state index is -2.78. The van der Waals surface area contributed by atoms with Gasteiger partial charge in [0.25, 0.3) is 0 Å². The maximum atomic E-state index is 13.4. The molecular formula is C20H20F2N2O3. The summed E-state index contributed by atoms with van der Waals surface area (Å²) in [5.74, 6) is -0.0399. The first kappa shape index (κ1) is 18.8. The summed E-state index contributed by atoms with van der Waals surface area (Å²) >= 11 is 0. The molecule has 0 radical (unpaired) electrons. The fourth-order valence-corrected chi connectivity index (χ4v) is 3.13. The van der Waals surface area contributed by atoms with Crippen molar-refractivity contribution in [2.24, 2.45) is 0 Å². The van der Waals surface area contributed by atoms with E-state index in [4.69, 9.17) is 9.47 Å². The molecule has 3 rings (SSSR count). The Morgan fingerprint density at radius 1 is 1.15 bits per heavy atom. The van der Waals surface area contributed by atoms with Gasteiger partial charge in [0, 0.05) is 0 Å². The van der Waals surface area contributed by atoms with Gasteiger partial charge in [0.2, 0.25) is 0 Å². The van der Waals surface area contributed by atoms with Crippen LogP contribution in [0.4, 0.5) is 8.78 Å². The van der Waals surface area contributed by atoms with E-state index < -0.39 is 12.5 Å².